The van der Waals surface area contributed by atoms with Crippen molar-refractivity contribution >= 4 is 40.4 Å². The van der Waals surface area contributed by atoms with Gasteiger partial charge in [0.1, 0.15) is 0 Å². The molecule has 3 aromatic carbocycles. The number of nitrogens with zero attached hydrogens (tertiary/aromatic N) is 3. The monoisotopic (exact) mass is 533 g/mol. The number of fused-ring (bicyclic) bond motifs is 1. The van der Waals surface area contributed by atoms with E-state index in [1.165, 1.54) is 43.8 Å². The van der Waals surface area contributed by atoms with Crippen LogP contribution >= 0.6 is 22.9 Å². The molecule has 1 aliphatic rings. The zero-order valence-corrected chi connectivity index (χ0v) is 21.3. The van der Waals surface area contributed by atoms with Crippen LogP contribution in [0.15, 0.2) is 82.6 Å². The van der Waals surface area contributed by atoms with Crippen molar-refractivity contribution in [3.05, 3.63) is 124 Å². The van der Waals surface area contributed by atoms with Crippen LogP contribution in [0.5, 0.6) is 11.5 Å². The molecule has 0 saturated heterocycles. The van der Waals surface area contributed by atoms with Gasteiger partial charge in [0.2, 0.25) is 0 Å². The van der Waals surface area contributed by atoms with E-state index in [9.17, 15) is 14.9 Å². The highest BCUT2D eigenvalue weighted by atomic mass is 35.5. The Morgan fingerprint density at radius 1 is 1.05 bits per heavy atom. The van der Waals surface area contributed by atoms with Gasteiger partial charge in [-0.15, -0.1) is 0 Å². The number of thiazole rings is 1. The topological polar surface area (TPSA) is 96.0 Å². The largest absolute Gasteiger partial charge is 0.493 e. The predicted molar refractivity (Wildman–Crippen MR) is 143 cm³/mol. The summed E-state index contributed by atoms with van der Waals surface area (Å²) in [6.07, 6.45) is 3.43. The van der Waals surface area contributed by atoms with E-state index in [0.717, 1.165) is 16.8 Å². The van der Waals surface area contributed by atoms with Crippen LogP contribution in [0.1, 0.15) is 22.7 Å². The molecule has 0 aliphatic carbocycles. The van der Waals surface area contributed by atoms with E-state index in [-0.39, 0.29) is 22.6 Å². The van der Waals surface area contributed by atoms with Gasteiger partial charge in [0.15, 0.2) is 16.3 Å². The minimum absolute atomic E-state index is 0.206. The molecule has 8 nitrogen and oxygen atoms in total. The lowest BCUT2D eigenvalue weighted by Gasteiger charge is -2.19. The van der Waals surface area contributed by atoms with Crippen LogP contribution in [0, 0.1) is 10.1 Å². The second-order valence-corrected chi connectivity index (χ2v) is 9.56. The van der Waals surface area contributed by atoms with Crippen LogP contribution in [-0.4, -0.2) is 23.7 Å². The third kappa shape index (κ3) is 4.66. The van der Waals surface area contributed by atoms with Gasteiger partial charge in [-0.25, -0.2) is 4.99 Å². The van der Waals surface area contributed by atoms with Gasteiger partial charge in [0, 0.05) is 5.02 Å². The first-order valence-corrected chi connectivity index (χ1v) is 12.3. The van der Waals surface area contributed by atoms with Gasteiger partial charge in [-0.1, -0.05) is 65.4 Å². The van der Waals surface area contributed by atoms with Crippen molar-refractivity contribution in [3.63, 3.8) is 0 Å². The second-order valence-electron chi connectivity index (χ2n) is 8.12. The molecular weight excluding hydrogens is 514 g/mol. The highest BCUT2D eigenvalue weighted by Gasteiger charge is 2.24. The van der Waals surface area contributed by atoms with Gasteiger partial charge >= 0.3 is 0 Å². The molecule has 0 fully saturated rings. The Bertz CT molecular complexity index is 1710. The third-order valence-corrected chi connectivity index (χ3v) is 7.18. The van der Waals surface area contributed by atoms with Gasteiger partial charge in [-0.3, -0.25) is 19.5 Å². The smallest absolute Gasteiger partial charge is 0.280 e. The summed E-state index contributed by atoms with van der Waals surface area (Å²) >= 11 is 7.28. The zero-order chi connectivity index (χ0) is 26.1. The number of hydrogen-bond acceptors (Lipinski definition) is 7. The van der Waals surface area contributed by atoms with Crippen LogP contribution in [0.3, 0.4) is 0 Å². The summed E-state index contributed by atoms with van der Waals surface area (Å²) in [5, 5.41) is 12.4. The average molecular weight is 534 g/mol. The van der Waals surface area contributed by atoms with Gasteiger partial charge < -0.3 is 9.47 Å². The molecule has 2 heterocycles. The molecule has 37 heavy (non-hydrogen) atoms. The van der Waals surface area contributed by atoms with Crippen molar-refractivity contribution in [2.45, 2.75) is 6.04 Å². The van der Waals surface area contributed by atoms with Gasteiger partial charge in [0.05, 0.1) is 47.0 Å². The van der Waals surface area contributed by atoms with E-state index >= 15 is 0 Å². The van der Waals surface area contributed by atoms with E-state index in [2.05, 4.69) is 0 Å². The van der Waals surface area contributed by atoms with Gasteiger partial charge in [-0.2, -0.15) is 0 Å². The predicted octanol–water partition coefficient (Wildman–Crippen LogP) is 4.58. The van der Waals surface area contributed by atoms with Crippen molar-refractivity contribution in [2.24, 2.45) is 4.99 Å². The molecule has 186 valence electrons. The molecule has 10 heteroatoms. The first-order chi connectivity index (χ1) is 17.9. The molecule has 1 atom stereocenters. The fourth-order valence-corrected chi connectivity index (χ4v) is 5.28. The van der Waals surface area contributed by atoms with Crippen molar-refractivity contribution in [1.82, 2.24) is 4.57 Å². The minimum Gasteiger partial charge on any atom is -0.493 e. The maximum Gasteiger partial charge on any atom is 0.280 e. The first kappa shape index (κ1) is 24.5. The quantitative estimate of drug-likeness (QED) is 0.267. The zero-order valence-electron chi connectivity index (χ0n) is 19.8. The minimum atomic E-state index is -0.519. The van der Waals surface area contributed by atoms with E-state index in [0.29, 0.717) is 20.1 Å². The number of aromatic nitrogens is 1. The van der Waals surface area contributed by atoms with Crippen molar-refractivity contribution in [1.29, 1.82) is 0 Å². The number of hydrogen-bond donors (Lipinski definition) is 0. The number of ether oxygens (including phenoxy) is 2. The van der Waals surface area contributed by atoms with Crippen LogP contribution in [-0.2, 0) is 0 Å². The molecule has 0 amide bonds. The van der Waals surface area contributed by atoms with Crippen molar-refractivity contribution in [2.75, 3.05) is 14.2 Å². The maximum absolute atomic E-state index is 13.7. The molecular formula is C27H20ClN3O5S. The van der Waals surface area contributed by atoms with Crippen LogP contribution in [0.25, 0.3) is 11.8 Å². The summed E-state index contributed by atoms with van der Waals surface area (Å²) in [5.74, 6) is 0.542. The van der Waals surface area contributed by atoms with Crippen LogP contribution in [0.2, 0.25) is 5.02 Å². The summed E-state index contributed by atoms with van der Waals surface area (Å²) < 4.78 is 12.4. The van der Waals surface area contributed by atoms with Gasteiger partial charge in [-0.05, 0) is 41.5 Å². The van der Waals surface area contributed by atoms with Crippen molar-refractivity contribution in [3.8, 4) is 11.5 Å². The van der Waals surface area contributed by atoms with E-state index in [4.69, 9.17) is 26.1 Å². The Morgan fingerprint density at radius 2 is 1.73 bits per heavy atom. The van der Waals surface area contributed by atoms with E-state index in [1.54, 1.807) is 16.7 Å². The number of methoxy groups -OCH3 is 2. The molecule has 4 aromatic rings. The molecule has 0 saturated carbocycles. The summed E-state index contributed by atoms with van der Waals surface area (Å²) in [5.41, 5.74) is 2.20. The van der Waals surface area contributed by atoms with Crippen LogP contribution < -0.4 is 24.4 Å². The molecule has 0 N–H and O–H groups in total. The number of halogens is 1. The Balaban J connectivity index is 1.75. The Labute approximate surface area is 220 Å². The summed E-state index contributed by atoms with van der Waals surface area (Å²) in [4.78, 5) is 30.2. The Kier molecular flexibility index (Phi) is 6.64. The fraction of sp³-hybridized carbons (Fsp3) is 0.111. The number of rotatable bonds is 6. The Morgan fingerprint density at radius 3 is 2.38 bits per heavy atom. The maximum atomic E-state index is 13.7. The standard InChI is InChI=1S/C27H20ClN3O5S/c1-35-23-12-18(22(31(33)34)15-24(23)36-2)13-25-26(32)30-21(17-8-10-19(28)11-9-17)14-20(29-27(30)37-25)16-6-4-3-5-7-16/h3-15,21H,1-2H3. The highest BCUT2D eigenvalue weighted by molar-refractivity contribution is 7.07. The number of nitro groups is 1. The Hall–Kier alpha value is -4.21. The first-order valence-electron chi connectivity index (χ1n) is 11.1. The lowest BCUT2D eigenvalue weighted by molar-refractivity contribution is -0.385. The third-order valence-electron chi connectivity index (χ3n) is 5.94. The molecule has 1 aromatic heterocycles. The molecule has 0 bridgehead atoms. The molecule has 5 rings (SSSR count). The van der Waals surface area contributed by atoms with Gasteiger partial charge in [0.25, 0.3) is 11.2 Å². The highest BCUT2D eigenvalue weighted by Crippen LogP contribution is 2.35. The molecule has 0 spiro atoms. The van der Waals surface area contributed by atoms with E-state index < -0.39 is 11.0 Å². The van der Waals surface area contributed by atoms with Crippen LogP contribution in [0.4, 0.5) is 5.69 Å². The fourth-order valence-electron chi connectivity index (χ4n) is 4.15. The normalized spacial score (nSPS) is 14.9. The average Bonchev–Trinajstić information content (AvgIpc) is 3.23. The summed E-state index contributed by atoms with van der Waals surface area (Å²) in [7, 11) is 2.85. The molecule has 0 radical (unpaired) electrons. The van der Waals surface area contributed by atoms with E-state index in [1.807, 2.05) is 48.5 Å². The number of nitro benzene ring substituents is 1. The summed E-state index contributed by atoms with van der Waals surface area (Å²) in [6, 6.07) is 19.3. The second kappa shape index (κ2) is 10.0. The SMILES string of the molecule is COc1cc(C=c2sc3n(c2=O)C(c2ccc(Cl)cc2)C=C(c2ccccc2)N=3)c([N+](=O)[O-])cc1OC. The number of allylic oxidation sites excluding steroid dienone is 1. The van der Waals surface area contributed by atoms with Crippen molar-refractivity contribution < 1.29 is 14.4 Å². The molecule has 1 unspecified atom stereocenters. The summed E-state index contributed by atoms with van der Waals surface area (Å²) in [6.45, 7) is 0. The molecule has 1 aliphatic heterocycles. The lowest BCUT2D eigenvalue weighted by Crippen LogP contribution is -2.36. The number of benzene rings is 3. The lowest BCUT2D eigenvalue weighted by atomic mass is 10.0.